The fourth-order valence-electron chi connectivity index (χ4n) is 2.26. The number of rotatable bonds is 6. The van der Waals surface area contributed by atoms with E-state index in [4.69, 9.17) is 0 Å². The minimum Gasteiger partial charge on any atom is -0.348 e. The van der Waals surface area contributed by atoms with Crippen LogP contribution in [0, 0.1) is 13.8 Å². The Morgan fingerprint density at radius 1 is 1.32 bits per heavy atom. The van der Waals surface area contributed by atoms with Gasteiger partial charge in [-0.15, -0.1) is 0 Å². The number of hydrogen-bond acceptors (Lipinski definition) is 2. The molecule has 0 spiro atoms. The highest BCUT2D eigenvalue weighted by Crippen LogP contribution is 2.18. The van der Waals surface area contributed by atoms with Crippen LogP contribution in [0.1, 0.15) is 30.9 Å². The van der Waals surface area contributed by atoms with E-state index in [1.54, 1.807) is 0 Å². The number of carbonyl (C=O) groups is 2. The zero-order valence-electron chi connectivity index (χ0n) is 13.8. The van der Waals surface area contributed by atoms with Gasteiger partial charge >= 0.3 is 0 Å². The fraction of sp³-hybridized carbons (Fsp3) is 0.529. The molecular weight excluding hydrogens is 278 g/mol. The Bertz CT molecular complexity index is 567. The van der Waals surface area contributed by atoms with Gasteiger partial charge in [-0.3, -0.25) is 9.59 Å². The Kier molecular flexibility index (Phi) is 5.19. The molecule has 1 unspecified atom stereocenters. The number of anilines is 1. The van der Waals surface area contributed by atoms with Crippen molar-refractivity contribution in [1.82, 2.24) is 5.32 Å². The molecule has 2 rings (SSSR count). The summed E-state index contributed by atoms with van der Waals surface area (Å²) in [5, 5.41) is 5.92. The van der Waals surface area contributed by atoms with E-state index >= 15 is 0 Å². The SMILES string of the molecule is Cc1cccc(NC(=O)C[NH+](C)[C@H](C)C(=O)NC2CC2)c1C. The molecule has 1 fully saturated rings. The molecule has 0 heterocycles. The van der Waals surface area contributed by atoms with Crippen LogP contribution < -0.4 is 15.5 Å². The molecule has 0 radical (unpaired) electrons. The van der Waals surface area contributed by atoms with Gasteiger partial charge in [0.15, 0.2) is 12.6 Å². The summed E-state index contributed by atoms with van der Waals surface area (Å²) < 4.78 is 0. The first-order valence-corrected chi connectivity index (χ1v) is 7.87. The van der Waals surface area contributed by atoms with Gasteiger partial charge in [0.2, 0.25) is 0 Å². The van der Waals surface area contributed by atoms with Crippen LogP contribution in [0.25, 0.3) is 0 Å². The summed E-state index contributed by atoms with van der Waals surface area (Å²) in [6, 6.07) is 5.97. The molecule has 1 aromatic carbocycles. The average Bonchev–Trinajstić information content (AvgIpc) is 3.26. The molecule has 5 nitrogen and oxygen atoms in total. The number of nitrogens with one attached hydrogen (secondary N) is 3. The second-order valence-electron chi connectivity index (χ2n) is 6.32. The first-order valence-electron chi connectivity index (χ1n) is 7.87. The van der Waals surface area contributed by atoms with Crippen molar-refractivity contribution in [2.24, 2.45) is 0 Å². The predicted octanol–water partition coefficient (Wildman–Crippen LogP) is 0.424. The number of amides is 2. The molecule has 5 heteroatoms. The van der Waals surface area contributed by atoms with Crippen molar-refractivity contribution in [2.45, 2.75) is 45.7 Å². The third kappa shape index (κ3) is 4.31. The molecule has 1 aliphatic rings. The first-order chi connectivity index (χ1) is 10.4. The molecular formula is C17H26N3O2+. The van der Waals surface area contributed by atoms with Gasteiger partial charge in [0, 0.05) is 11.7 Å². The molecule has 0 aliphatic heterocycles. The minimum atomic E-state index is -0.232. The van der Waals surface area contributed by atoms with Gasteiger partial charge in [-0.25, -0.2) is 0 Å². The van der Waals surface area contributed by atoms with Gasteiger partial charge in [-0.05, 0) is 50.8 Å². The normalized spacial score (nSPS) is 16.7. The number of benzene rings is 1. The molecule has 1 aromatic rings. The quantitative estimate of drug-likeness (QED) is 0.713. The Morgan fingerprint density at radius 3 is 2.64 bits per heavy atom. The fourth-order valence-corrected chi connectivity index (χ4v) is 2.26. The van der Waals surface area contributed by atoms with Crippen LogP contribution in [0.15, 0.2) is 18.2 Å². The second-order valence-corrected chi connectivity index (χ2v) is 6.32. The van der Waals surface area contributed by atoms with Crippen LogP contribution in [0.4, 0.5) is 5.69 Å². The Morgan fingerprint density at radius 2 is 2.00 bits per heavy atom. The Hall–Kier alpha value is -1.88. The lowest BCUT2D eigenvalue weighted by Crippen LogP contribution is -3.15. The van der Waals surface area contributed by atoms with Gasteiger partial charge in [0.1, 0.15) is 0 Å². The first kappa shape index (κ1) is 16.5. The van der Waals surface area contributed by atoms with Gasteiger partial charge in [0.25, 0.3) is 11.8 Å². The van der Waals surface area contributed by atoms with E-state index < -0.39 is 0 Å². The maximum absolute atomic E-state index is 12.2. The van der Waals surface area contributed by atoms with E-state index in [9.17, 15) is 9.59 Å². The maximum Gasteiger partial charge on any atom is 0.279 e. The van der Waals surface area contributed by atoms with E-state index in [0.717, 1.165) is 34.6 Å². The molecule has 3 N–H and O–H groups in total. The highest BCUT2D eigenvalue weighted by Gasteiger charge is 2.29. The summed E-state index contributed by atoms with van der Waals surface area (Å²) in [6.45, 7) is 6.14. The summed E-state index contributed by atoms with van der Waals surface area (Å²) in [5.41, 5.74) is 3.07. The third-order valence-corrected chi connectivity index (χ3v) is 4.37. The molecule has 120 valence electrons. The summed E-state index contributed by atoms with van der Waals surface area (Å²) in [4.78, 5) is 25.1. The average molecular weight is 304 g/mol. The molecule has 22 heavy (non-hydrogen) atoms. The highest BCUT2D eigenvalue weighted by molar-refractivity contribution is 5.92. The minimum absolute atomic E-state index is 0.0273. The van der Waals surface area contributed by atoms with E-state index in [1.807, 2.05) is 46.0 Å². The molecule has 2 atom stereocenters. The van der Waals surface area contributed by atoms with Crippen molar-refractivity contribution in [1.29, 1.82) is 0 Å². The van der Waals surface area contributed by atoms with E-state index in [2.05, 4.69) is 10.6 Å². The molecule has 0 saturated heterocycles. The van der Waals surface area contributed by atoms with Crippen LogP contribution in [-0.4, -0.2) is 37.5 Å². The summed E-state index contributed by atoms with van der Waals surface area (Å²) in [5.74, 6) is -0.0446. The smallest absolute Gasteiger partial charge is 0.279 e. The van der Waals surface area contributed by atoms with Gasteiger partial charge in [-0.1, -0.05) is 12.1 Å². The lowest BCUT2D eigenvalue weighted by Gasteiger charge is -2.21. The van der Waals surface area contributed by atoms with Crippen molar-refractivity contribution in [3.8, 4) is 0 Å². The lowest BCUT2D eigenvalue weighted by atomic mass is 10.1. The maximum atomic E-state index is 12.2. The van der Waals surface area contributed by atoms with E-state index in [0.29, 0.717) is 6.04 Å². The van der Waals surface area contributed by atoms with Gasteiger partial charge in [0.05, 0.1) is 7.05 Å². The predicted molar refractivity (Wildman–Crippen MR) is 86.9 cm³/mol. The molecule has 1 saturated carbocycles. The number of carbonyl (C=O) groups excluding carboxylic acids is 2. The second kappa shape index (κ2) is 6.92. The van der Waals surface area contributed by atoms with Crippen molar-refractivity contribution in [2.75, 3.05) is 18.9 Å². The van der Waals surface area contributed by atoms with Crippen LogP contribution >= 0.6 is 0 Å². The van der Waals surface area contributed by atoms with Gasteiger partial charge in [-0.2, -0.15) is 0 Å². The zero-order valence-corrected chi connectivity index (χ0v) is 13.8. The van der Waals surface area contributed by atoms with Crippen LogP contribution in [0.5, 0.6) is 0 Å². The molecule has 0 bridgehead atoms. The van der Waals surface area contributed by atoms with E-state index in [1.165, 1.54) is 0 Å². The standard InChI is InChI=1S/C17H25N3O2/c1-11-6-5-7-15(12(11)2)19-16(21)10-20(4)13(3)17(22)18-14-8-9-14/h5-7,13-14H,8-10H2,1-4H3,(H,18,22)(H,19,21)/p+1/t13-/m1/s1. The largest absolute Gasteiger partial charge is 0.348 e. The number of likely N-dealkylation sites (N-methyl/N-ethyl adjacent to an activating group) is 1. The summed E-state index contributed by atoms with van der Waals surface area (Å²) in [6.07, 6.45) is 2.15. The number of aryl methyl sites for hydroxylation is 1. The molecule has 1 aliphatic carbocycles. The number of hydrogen-bond donors (Lipinski definition) is 3. The Balaban J connectivity index is 1.87. The van der Waals surface area contributed by atoms with Crippen LogP contribution in [0.3, 0.4) is 0 Å². The lowest BCUT2D eigenvalue weighted by molar-refractivity contribution is -0.885. The molecule has 2 amide bonds. The summed E-state index contributed by atoms with van der Waals surface area (Å²) >= 11 is 0. The van der Waals surface area contributed by atoms with Crippen molar-refractivity contribution < 1.29 is 14.5 Å². The van der Waals surface area contributed by atoms with Crippen molar-refractivity contribution in [3.05, 3.63) is 29.3 Å². The van der Waals surface area contributed by atoms with Crippen LogP contribution in [-0.2, 0) is 9.59 Å². The van der Waals surface area contributed by atoms with Gasteiger partial charge < -0.3 is 15.5 Å². The topological polar surface area (TPSA) is 62.6 Å². The highest BCUT2D eigenvalue weighted by atomic mass is 16.2. The monoisotopic (exact) mass is 304 g/mol. The van der Waals surface area contributed by atoms with E-state index in [-0.39, 0.29) is 24.4 Å². The Labute approximate surface area is 132 Å². The van der Waals surface area contributed by atoms with Crippen molar-refractivity contribution in [3.63, 3.8) is 0 Å². The summed E-state index contributed by atoms with van der Waals surface area (Å²) in [7, 11) is 1.87. The molecule has 0 aromatic heterocycles. The number of quaternary nitrogens is 1. The zero-order chi connectivity index (χ0) is 16.3. The van der Waals surface area contributed by atoms with Crippen LogP contribution in [0.2, 0.25) is 0 Å². The third-order valence-electron chi connectivity index (χ3n) is 4.37. The van der Waals surface area contributed by atoms with Crippen molar-refractivity contribution >= 4 is 17.5 Å².